The van der Waals surface area contributed by atoms with E-state index in [0.717, 1.165) is 19.6 Å². The molecule has 0 saturated carbocycles. The van der Waals surface area contributed by atoms with E-state index in [9.17, 15) is 14.4 Å². The molecule has 3 aromatic carbocycles. The summed E-state index contributed by atoms with van der Waals surface area (Å²) in [5, 5.41) is 5.25. The molecular formula is C27H24IN3O5. The molecule has 36 heavy (non-hydrogen) atoms. The van der Waals surface area contributed by atoms with Gasteiger partial charge in [0.15, 0.2) is 11.5 Å². The van der Waals surface area contributed by atoms with E-state index in [2.05, 4.69) is 33.2 Å². The lowest BCUT2D eigenvalue weighted by molar-refractivity contribution is -0.127. The fraction of sp³-hybridized carbons (Fsp3) is 0.148. The number of anilines is 1. The van der Waals surface area contributed by atoms with Gasteiger partial charge >= 0.3 is 6.03 Å². The first kappa shape index (κ1) is 25.2. The number of benzene rings is 3. The molecule has 0 spiro atoms. The minimum Gasteiger partial charge on any atom is -0.493 e. The van der Waals surface area contributed by atoms with Crippen molar-refractivity contribution in [3.63, 3.8) is 0 Å². The molecule has 3 aromatic rings. The Bertz CT molecular complexity index is 1340. The number of carbonyl (C=O) groups is 3. The summed E-state index contributed by atoms with van der Waals surface area (Å²) in [6.07, 6.45) is 1.55. The molecule has 184 valence electrons. The molecule has 0 radical (unpaired) electrons. The number of methoxy groups -OCH3 is 1. The van der Waals surface area contributed by atoms with Crippen LogP contribution >= 0.6 is 22.6 Å². The third-order valence-electron chi connectivity index (χ3n) is 5.35. The lowest BCUT2D eigenvalue weighted by Gasteiger charge is -2.14. The zero-order valence-electron chi connectivity index (χ0n) is 19.7. The van der Waals surface area contributed by atoms with Crippen LogP contribution < -0.4 is 20.1 Å². The van der Waals surface area contributed by atoms with E-state index in [1.807, 2.05) is 55.5 Å². The molecule has 4 amide bonds. The maximum atomic E-state index is 12.9. The van der Waals surface area contributed by atoms with Gasteiger partial charge in [0.1, 0.15) is 18.8 Å². The maximum Gasteiger partial charge on any atom is 0.329 e. The highest BCUT2D eigenvalue weighted by molar-refractivity contribution is 14.1. The van der Waals surface area contributed by atoms with Gasteiger partial charge in [-0.25, -0.2) is 9.69 Å². The normalized spacial score (nSPS) is 14.1. The molecule has 9 heteroatoms. The predicted molar refractivity (Wildman–Crippen MR) is 145 cm³/mol. The van der Waals surface area contributed by atoms with E-state index in [-0.39, 0.29) is 5.70 Å². The summed E-state index contributed by atoms with van der Waals surface area (Å²) in [7, 11) is 1.54. The van der Waals surface area contributed by atoms with Crippen LogP contribution in [0.25, 0.3) is 6.08 Å². The lowest BCUT2D eigenvalue weighted by Crippen LogP contribution is -2.38. The van der Waals surface area contributed by atoms with Crippen LogP contribution in [-0.4, -0.2) is 36.4 Å². The third-order valence-corrected chi connectivity index (χ3v) is 6.16. The minimum atomic E-state index is -0.657. The summed E-state index contributed by atoms with van der Waals surface area (Å²) >= 11 is 2.14. The van der Waals surface area contributed by atoms with Crippen LogP contribution in [-0.2, 0) is 16.2 Å². The van der Waals surface area contributed by atoms with Crippen molar-refractivity contribution in [1.29, 1.82) is 0 Å². The summed E-state index contributed by atoms with van der Waals surface area (Å²) in [6, 6.07) is 19.9. The first-order valence-electron chi connectivity index (χ1n) is 11.1. The molecule has 1 fully saturated rings. The Balaban J connectivity index is 1.47. The van der Waals surface area contributed by atoms with Crippen molar-refractivity contribution in [1.82, 2.24) is 10.2 Å². The SMILES string of the molecule is COc1cc(/C=C2/NC(=O)N(CC(=O)Nc3cccc(C)c3)C2=O)cc(I)c1OCc1ccccc1. The average Bonchev–Trinajstić information content (AvgIpc) is 3.11. The average molecular weight is 597 g/mol. The smallest absolute Gasteiger partial charge is 0.329 e. The highest BCUT2D eigenvalue weighted by Gasteiger charge is 2.35. The van der Waals surface area contributed by atoms with Crippen molar-refractivity contribution in [2.24, 2.45) is 0 Å². The topological polar surface area (TPSA) is 97.0 Å². The van der Waals surface area contributed by atoms with E-state index in [0.29, 0.717) is 29.4 Å². The molecule has 1 saturated heterocycles. The number of halogens is 1. The van der Waals surface area contributed by atoms with Crippen LogP contribution in [0.15, 0.2) is 72.4 Å². The molecule has 0 aromatic heterocycles. The monoisotopic (exact) mass is 597 g/mol. The van der Waals surface area contributed by atoms with Crippen LogP contribution in [0.3, 0.4) is 0 Å². The van der Waals surface area contributed by atoms with Crippen LogP contribution in [0.5, 0.6) is 11.5 Å². The molecule has 2 N–H and O–H groups in total. The standard InChI is InChI=1S/C27H24IN3O5/c1-17-7-6-10-20(11-17)29-24(32)15-31-26(33)22(30-27(31)34)13-19-12-21(28)25(23(14-19)35-2)36-16-18-8-4-3-5-9-18/h3-14H,15-16H2,1-2H3,(H,29,32)(H,30,34)/b22-13+. The predicted octanol–water partition coefficient (Wildman–Crippen LogP) is 4.72. The van der Waals surface area contributed by atoms with Gasteiger partial charge in [0.2, 0.25) is 5.91 Å². The number of nitrogens with one attached hydrogen (secondary N) is 2. The van der Waals surface area contributed by atoms with Crippen molar-refractivity contribution >= 4 is 52.2 Å². The molecule has 0 aliphatic carbocycles. The first-order valence-corrected chi connectivity index (χ1v) is 12.2. The molecular weight excluding hydrogens is 573 g/mol. The highest BCUT2D eigenvalue weighted by Crippen LogP contribution is 2.35. The number of aryl methyl sites for hydroxylation is 1. The van der Waals surface area contributed by atoms with Crippen molar-refractivity contribution in [3.8, 4) is 11.5 Å². The second-order valence-electron chi connectivity index (χ2n) is 8.11. The third kappa shape index (κ3) is 6.03. The Morgan fingerprint density at radius 3 is 2.58 bits per heavy atom. The quantitative estimate of drug-likeness (QED) is 0.223. The summed E-state index contributed by atoms with van der Waals surface area (Å²) < 4.78 is 12.3. The Morgan fingerprint density at radius 1 is 1.08 bits per heavy atom. The second-order valence-corrected chi connectivity index (χ2v) is 9.27. The number of carbonyl (C=O) groups excluding carboxylic acids is 3. The number of rotatable bonds is 8. The van der Waals surface area contributed by atoms with Crippen LogP contribution in [0, 0.1) is 10.5 Å². The van der Waals surface area contributed by atoms with Gasteiger partial charge in [-0.3, -0.25) is 9.59 Å². The van der Waals surface area contributed by atoms with Gasteiger partial charge in [0.25, 0.3) is 5.91 Å². The number of ether oxygens (including phenoxy) is 2. The van der Waals surface area contributed by atoms with Crippen LogP contribution in [0.1, 0.15) is 16.7 Å². The number of imide groups is 1. The molecule has 4 rings (SSSR count). The zero-order valence-corrected chi connectivity index (χ0v) is 21.9. The largest absolute Gasteiger partial charge is 0.493 e. The Labute approximate surface area is 222 Å². The van der Waals surface area contributed by atoms with E-state index < -0.39 is 24.4 Å². The Morgan fingerprint density at radius 2 is 1.86 bits per heavy atom. The van der Waals surface area contributed by atoms with Gasteiger partial charge in [0.05, 0.1) is 10.7 Å². The minimum absolute atomic E-state index is 0.0687. The number of hydrogen-bond donors (Lipinski definition) is 2. The van der Waals surface area contributed by atoms with Gasteiger partial charge < -0.3 is 20.1 Å². The second kappa shape index (κ2) is 11.3. The molecule has 8 nitrogen and oxygen atoms in total. The molecule has 0 unspecified atom stereocenters. The van der Waals surface area contributed by atoms with E-state index in [4.69, 9.17) is 9.47 Å². The molecule has 0 bridgehead atoms. The summed E-state index contributed by atoms with van der Waals surface area (Å²) in [5.41, 5.74) is 3.30. The van der Waals surface area contributed by atoms with Crippen molar-refractivity contribution in [3.05, 3.63) is 92.7 Å². The van der Waals surface area contributed by atoms with E-state index in [1.54, 1.807) is 24.3 Å². The number of hydrogen-bond acceptors (Lipinski definition) is 5. The zero-order chi connectivity index (χ0) is 25.7. The van der Waals surface area contributed by atoms with E-state index in [1.165, 1.54) is 7.11 Å². The molecule has 1 aliphatic rings. The van der Waals surface area contributed by atoms with Crippen molar-refractivity contribution < 1.29 is 23.9 Å². The highest BCUT2D eigenvalue weighted by atomic mass is 127. The van der Waals surface area contributed by atoms with Crippen molar-refractivity contribution in [2.75, 3.05) is 19.0 Å². The van der Waals surface area contributed by atoms with Gasteiger partial charge in [-0.05, 0) is 76.5 Å². The van der Waals surface area contributed by atoms with Gasteiger partial charge in [-0.1, -0.05) is 42.5 Å². The summed E-state index contributed by atoms with van der Waals surface area (Å²) in [5.74, 6) is 0.0235. The Hall–Kier alpha value is -3.86. The fourth-order valence-corrected chi connectivity index (χ4v) is 4.42. The van der Waals surface area contributed by atoms with Gasteiger partial charge in [0, 0.05) is 5.69 Å². The number of amides is 4. The molecule has 1 aliphatic heterocycles. The summed E-state index contributed by atoms with van der Waals surface area (Å²) in [4.78, 5) is 38.6. The maximum absolute atomic E-state index is 12.9. The van der Waals surface area contributed by atoms with Gasteiger partial charge in [-0.2, -0.15) is 0 Å². The molecule has 0 atom stereocenters. The lowest BCUT2D eigenvalue weighted by atomic mass is 10.1. The van der Waals surface area contributed by atoms with Crippen LogP contribution in [0.4, 0.5) is 10.5 Å². The van der Waals surface area contributed by atoms with E-state index >= 15 is 0 Å². The van der Waals surface area contributed by atoms with Gasteiger partial charge in [-0.15, -0.1) is 0 Å². The fourth-order valence-electron chi connectivity index (χ4n) is 3.64. The summed E-state index contributed by atoms with van der Waals surface area (Å²) in [6.45, 7) is 1.88. The number of nitrogens with zero attached hydrogens (tertiary/aromatic N) is 1. The van der Waals surface area contributed by atoms with Crippen molar-refractivity contribution in [2.45, 2.75) is 13.5 Å². The molecule has 1 heterocycles. The number of urea groups is 1. The first-order chi connectivity index (χ1) is 17.3. The van der Waals surface area contributed by atoms with Crippen LogP contribution in [0.2, 0.25) is 0 Å². The Kier molecular flexibility index (Phi) is 7.89.